The molecule has 1 aliphatic heterocycles. The number of hydrogen-bond donors (Lipinski definition) is 1. The molecule has 120 valence electrons. The minimum absolute atomic E-state index is 0.0289. The summed E-state index contributed by atoms with van der Waals surface area (Å²) in [5, 5.41) is 22.6. The Bertz CT molecular complexity index is 846. The number of carbonyl (C=O) groups excluding carboxylic acids is 1. The lowest BCUT2D eigenvalue weighted by molar-refractivity contribution is -0.117. The Morgan fingerprint density at radius 2 is 1.79 bits per heavy atom. The highest BCUT2D eigenvalue weighted by Crippen LogP contribution is 2.24. The number of hydrazone groups is 1. The summed E-state index contributed by atoms with van der Waals surface area (Å²) in [7, 11) is 0. The molecule has 0 radical (unpaired) electrons. The molecule has 1 aliphatic rings. The van der Waals surface area contributed by atoms with Crippen LogP contribution in [0, 0.1) is 0 Å². The van der Waals surface area contributed by atoms with Gasteiger partial charge in [0.2, 0.25) is 0 Å². The Morgan fingerprint density at radius 1 is 1.12 bits per heavy atom. The maximum Gasteiger partial charge on any atom is 0.337 e. The quantitative estimate of drug-likeness (QED) is 0.875. The van der Waals surface area contributed by atoms with Gasteiger partial charge in [-0.05, 0) is 31.2 Å². The van der Waals surface area contributed by atoms with Crippen molar-refractivity contribution in [3.05, 3.63) is 60.2 Å². The number of para-hydroxylation sites is 1. The summed E-state index contributed by atoms with van der Waals surface area (Å²) in [4.78, 5) is 23.7. The Morgan fingerprint density at radius 3 is 2.50 bits per heavy atom. The largest absolute Gasteiger partial charge is 0.478 e. The number of nitrogens with zero attached hydrogens (tertiary/aromatic N) is 4. The van der Waals surface area contributed by atoms with Crippen molar-refractivity contribution < 1.29 is 14.7 Å². The van der Waals surface area contributed by atoms with Crippen molar-refractivity contribution in [1.82, 2.24) is 0 Å². The molecular formula is C17H14N4O3. The molecule has 0 unspecified atom stereocenters. The fourth-order valence-corrected chi connectivity index (χ4v) is 2.30. The first-order valence-corrected chi connectivity index (χ1v) is 7.25. The van der Waals surface area contributed by atoms with Crippen LogP contribution in [0.1, 0.15) is 17.3 Å². The van der Waals surface area contributed by atoms with Gasteiger partial charge in [-0.3, -0.25) is 4.79 Å². The number of carboxylic acids is 1. The minimum Gasteiger partial charge on any atom is -0.478 e. The van der Waals surface area contributed by atoms with Crippen LogP contribution in [0.3, 0.4) is 0 Å². The first-order chi connectivity index (χ1) is 11.6. The van der Waals surface area contributed by atoms with Crippen molar-refractivity contribution in [1.29, 1.82) is 0 Å². The van der Waals surface area contributed by atoms with E-state index in [2.05, 4.69) is 15.3 Å². The predicted octanol–water partition coefficient (Wildman–Crippen LogP) is 3.26. The van der Waals surface area contributed by atoms with E-state index in [1.54, 1.807) is 31.2 Å². The monoisotopic (exact) mass is 322 g/mol. The van der Waals surface area contributed by atoms with Gasteiger partial charge in [-0.25, -0.2) is 4.79 Å². The number of rotatable bonds is 4. The van der Waals surface area contributed by atoms with Crippen LogP contribution in [0.4, 0.5) is 11.4 Å². The molecule has 0 aliphatic carbocycles. The Balaban J connectivity index is 1.86. The number of azo groups is 1. The van der Waals surface area contributed by atoms with Gasteiger partial charge in [0.1, 0.15) is 0 Å². The number of carbonyl (C=O) groups is 2. The molecule has 0 spiro atoms. The van der Waals surface area contributed by atoms with E-state index >= 15 is 0 Å². The maximum absolute atomic E-state index is 12.5. The van der Waals surface area contributed by atoms with Crippen LogP contribution in [0.15, 0.2) is 69.9 Å². The molecular weight excluding hydrogens is 308 g/mol. The highest BCUT2D eigenvalue weighted by Gasteiger charge is 2.34. The van der Waals surface area contributed by atoms with Crippen LogP contribution < -0.4 is 5.01 Å². The molecule has 0 saturated heterocycles. The summed E-state index contributed by atoms with van der Waals surface area (Å²) in [5.41, 5.74) is 1.37. The van der Waals surface area contributed by atoms with E-state index < -0.39 is 12.0 Å². The van der Waals surface area contributed by atoms with Crippen molar-refractivity contribution >= 4 is 29.0 Å². The van der Waals surface area contributed by atoms with E-state index in [9.17, 15) is 9.59 Å². The smallest absolute Gasteiger partial charge is 0.337 e. The second-order valence-corrected chi connectivity index (χ2v) is 5.17. The van der Waals surface area contributed by atoms with Crippen molar-refractivity contribution in [2.24, 2.45) is 15.3 Å². The fourth-order valence-electron chi connectivity index (χ4n) is 2.30. The SMILES string of the molecule is CC1=NN(c2ccccc2)C(=O)[C@@H]1N=Nc1ccccc1C(=O)O. The van der Waals surface area contributed by atoms with Gasteiger partial charge in [0, 0.05) is 0 Å². The van der Waals surface area contributed by atoms with Crippen molar-refractivity contribution in [2.45, 2.75) is 13.0 Å². The number of amides is 1. The summed E-state index contributed by atoms with van der Waals surface area (Å²) in [6, 6.07) is 14.4. The van der Waals surface area contributed by atoms with Crippen LogP contribution in [0.5, 0.6) is 0 Å². The summed E-state index contributed by atoms with van der Waals surface area (Å²) < 4.78 is 0. The zero-order valence-electron chi connectivity index (χ0n) is 12.8. The molecule has 24 heavy (non-hydrogen) atoms. The van der Waals surface area contributed by atoms with Gasteiger partial charge in [0.25, 0.3) is 5.91 Å². The van der Waals surface area contributed by atoms with Gasteiger partial charge in [0.05, 0.1) is 22.6 Å². The molecule has 2 aromatic rings. The molecule has 3 rings (SSSR count). The number of anilines is 1. The predicted molar refractivity (Wildman–Crippen MR) is 88.7 cm³/mol. The molecule has 1 atom stereocenters. The van der Waals surface area contributed by atoms with Crippen LogP contribution in [-0.2, 0) is 4.79 Å². The summed E-state index contributed by atoms with van der Waals surface area (Å²) in [5.74, 6) is -1.42. The van der Waals surface area contributed by atoms with Gasteiger partial charge >= 0.3 is 5.97 Å². The van der Waals surface area contributed by atoms with Crippen molar-refractivity contribution in [3.8, 4) is 0 Å². The lowest BCUT2D eigenvalue weighted by Crippen LogP contribution is -2.29. The zero-order valence-corrected chi connectivity index (χ0v) is 12.8. The summed E-state index contributed by atoms with van der Waals surface area (Å²) >= 11 is 0. The van der Waals surface area contributed by atoms with Gasteiger partial charge in [-0.1, -0.05) is 30.3 Å². The van der Waals surface area contributed by atoms with Crippen LogP contribution in [0.25, 0.3) is 0 Å². The third-order valence-electron chi connectivity index (χ3n) is 3.51. The van der Waals surface area contributed by atoms with E-state index in [1.807, 2.05) is 18.2 Å². The topological polar surface area (TPSA) is 94.7 Å². The summed E-state index contributed by atoms with van der Waals surface area (Å²) in [6.45, 7) is 1.69. The van der Waals surface area contributed by atoms with Gasteiger partial charge in [-0.2, -0.15) is 20.3 Å². The Hall–Kier alpha value is -3.35. The molecule has 0 saturated carbocycles. The lowest BCUT2D eigenvalue weighted by atomic mass is 10.2. The van der Waals surface area contributed by atoms with E-state index in [1.165, 1.54) is 17.1 Å². The van der Waals surface area contributed by atoms with Crippen molar-refractivity contribution in [2.75, 3.05) is 5.01 Å². The average molecular weight is 322 g/mol. The number of aromatic carboxylic acids is 1. The molecule has 1 amide bonds. The molecule has 2 aromatic carbocycles. The van der Waals surface area contributed by atoms with E-state index in [0.29, 0.717) is 11.4 Å². The molecule has 7 heteroatoms. The third kappa shape index (κ3) is 2.91. The van der Waals surface area contributed by atoms with E-state index in [0.717, 1.165) is 0 Å². The lowest BCUT2D eigenvalue weighted by Gasteiger charge is -2.11. The van der Waals surface area contributed by atoms with Gasteiger partial charge < -0.3 is 5.11 Å². The zero-order chi connectivity index (χ0) is 17.1. The first kappa shape index (κ1) is 15.5. The standard InChI is InChI=1S/C17H14N4O3/c1-11-15(16(22)21(20-11)12-7-3-2-4-8-12)19-18-14-10-6-5-9-13(14)17(23)24/h2-10,15H,1H3,(H,23,24)/t15-/m1/s1. The molecule has 0 bridgehead atoms. The number of hydrogen-bond acceptors (Lipinski definition) is 5. The molecule has 1 heterocycles. The maximum atomic E-state index is 12.5. The Labute approximate surface area is 137 Å². The highest BCUT2D eigenvalue weighted by molar-refractivity contribution is 6.18. The average Bonchev–Trinajstić information content (AvgIpc) is 2.88. The van der Waals surface area contributed by atoms with Gasteiger partial charge in [0.15, 0.2) is 6.04 Å². The van der Waals surface area contributed by atoms with Crippen LogP contribution in [0.2, 0.25) is 0 Å². The molecule has 1 N–H and O–H groups in total. The normalized spacial score (nSPS) is 17.4. The highest BCUT2D eigenvalue weighted by atomic mass is 16.4. The van der Waals surface area contributed by atoms with Gasteiger partial charge in [-0.15, -0.1) is 0 Å². The molecule has 0 aromatic heterocycles. The van der Waals surface area contributed by atoms with E-state index in [-0.39, 0.29) is 17.2 Å². The first-order valence-electron chi connectivity index (χ1n) is 7.25. The van der Waals surface area contributed by atoms with Crippen molar-refractivity contribution in [3.63, 3.8) is 0 Å². The Kier molecular flexibility index (Phi) is 4.15. The molecule has 7 nitrogen and oxygen atoms in total. The van der Waals surface area contributed by atoms with E-state index in [4.69, 9.17) is 5.11 Å². The van der Waals surface area contributed by atoms with Crippen LogP contribution >= 0.6 is 0 Å². The number of benzene rings is 2. The molecule has 0 fully saturated rings. The third-order valence-corrected chi connectivity index (χ3v) is 3.51. The second-order valence-electron chi connectivity index (χ2n) is 5.17. The second kappa shape index (κ2) is 6.41. The number of carboxylic acid groups (broad SMARTS) is 1. The van der Waals surface area contributed by atoms with Crippen LogP contribution in [-0.4, -0.2) is 28.7 Å². The fraction of sp³-hybridized carbons (Fsp3) is 0.118. The summed E-state index contributed by atoms with van der Waals surface area (Å²) in [6.07, 6.45) is 0. The minimum atomic E-state index is -1.10.